The summed E-state index contributed by atoms with van der Waals surface area (Å²) >= 11 is 0. The molecule has 2 aromatic rings. The summed E-state index contributed by atoms with van der Waals surface area (Å²) in [6.07, 6.45) is 0. The monoisotopic (exact) mass is 370 g/mol. The molecule has 2 heterocycles. The molecule has 1 aromatic heterocycles. The molecule has 144 valence electrons. The number of fused-ring (bicyclic) bond motifs is 1. The summed E-state index contributed by atoms with van der Waals surface area (Å²) in [5.74, 6) is -0.127. The Morgan fingerprint density at radius 2 is 1.78 bits per heavy atom. The van der Waals surface area contributed by atoms with Gasteiger partial charge in [0.15, 0.2) is 0 Å². The fraction of sp³-hybridized carbons (Fsp3) is 0.450. The van der Waals surface area contributed by atoms with Crippen LogP contribution in [0.25, 0.3) is 10.9 Å². The van der Waals surface area contributed by atoms with Crippen LogP contribution in [-0.2, 0) is 11.8 Å². The van der Waals surface area contributed by atoms with Crippen molar-refractivity contribution >= 4 is 22.7 Å². The quantitative estimate of drug-likeness (QED) is 0.865. The largest absolute Gasteiger partial charge is 0.353 e. The lowest BCUT2D eigenvalue weighted by atomic mass is 10.1. The fourth-order valence-corrected chi connectivity index (χ4v) is 3.44. The molecule has 0 unspecified atom stereocenters. The predicted molar refractivity (Wildman–Crippen MR) is 105 cm³/mol. The highest BCUT2D eigenvalue weighted by Crippen LogP contribution is 2.18. The first kappa shape index (κ1) is 19.1. The molecule has 2 amide bonds. The smallest absolute Gasteiger partial charge is 0.254 e. The minimum Gasteiger partial charge on any atom is -0.353 e. The van der Waals surface area contributed by atoms with E-state index in [1.54, 1.807) is 16.5 Å². The van der Waals surface area contributed by atoms with E-state index < -0.39 is 0 Å². The topological polar surface area (TPSA) is 74.7 Å². The van der Waals surface area contributed by atoms with Gasteiger partial charge in [-0.05, 0) is 19.9 Å². The van der Waals surface area contributed by atoms with Crippen molar-refractivity contribution in [1.82, 2.24) is 19.7 Å². The summed E-state index contributed by atoms with van der Waals surface area (Å²) in [4.78, 5) is 41.0. The average molecular weight is 370 g/mol. The van der Waals surface area contributed by atoms with Gasteiger partial charge in [0.1, 0.15) is 0 Å². The molecule has 7 heteroatoms. The number of carbonyl (C=O) groups is 2. The number of nitrogens with zero attached hydrogens (tertiary/aromatic N) is 3. The number of hydrogen-bond donors (Lipinski definition) is 1. The van der Waals surface area contributed by atoms with Gasteiger partial charge in [-0.1, -0.05) is 18.2 Å². The normalized spacial score (nSPS) is 15.3. The van der Waals surface area contributed by atoms with Gasteiger partial charge in [-0.25, -0.2) is 0 Å². The Labute approximate surface area is 158 Å². The predicted octanol–water partition coefficient (Wildman–Crippen LogP) is 0.821. The van der Waals surface area contributed by atoms with Crippen LogP contribution in [0.15, 0.2) is 35.1 Å². The maximum absolute atomic E-state index is 13.0. The Bertz CT molecular complexity index is 911. The zero-order valence-electron chi connectivity index (χ0n) is 16.1. The van der Waals surface area contributed by atoms with Crippen molar-refractivity contribution in [3.63, 3.8) is 0 Å². The van der Waals surface area contributed by atoms with Crippen LogP contribution >= 0.6 is 0 Å². The van der Waals surface area contributed by atoms with Gasteiger partial charge in [0, 0.05) is 50.7 Å². The number of para-hydroxylation sites is 1. The second-order valence-electron chi connectivity index (χ2n) is 7.26. The van der Waals surface area contributed by atoms with Crippen LogP contribution in [-0.4, -0.2) is 64.9 Å². The van der Waals surface area contributed by atoms with Gasteiger partial charge in [0.05, 0.1) is 17.6 Å². The maximum Gasteiger partial charge on any atom is 0.254 e. The van der Waals surface area contributed by atoms with Crippen LogP contribution in [0.2, 0.25) is 0 Å². The molecule has 0 spiro atoms. The Balaban J connectivity index is 1.72. The Hall–Kier alpha value is -2.67. The molecule has 1 aromatic carbocycles. The molecule has 1 fully saturated rings. The van der Waals surface area contributed by atoms with Crippen molar-refractivity contribution in [2.75, 3.05) is 32.7 Å². The minimum absolute atomic E-state index is 0.00215. The van der Waals surface area contributed by atoms with E-state index in [9.17, 15) is 14.4 Å². The molecule has 3 rings (SSSR count). The molecule has 27 heavy (non-hydrogen) atoms. The number of aryl methyl sites for hydroxylation is 1. The number of benzene rings is 1. The van der Waals surface area contributed by atoms with Crippen LogP contribution in [0.3, 0.4) is 0 Å². The first-order valence-corrected chi connectivity index (χ1v) is 9.26. The molecular weight excluding hydrogens is 344 g/mol. The first-order valence-electron chi connectivity index (χ1n) is 9.26. The average Bonchev–Trinajstić information content (AvgIpc) is 2.64. The van der Waals surface area contributed by atoms with E-state index in [2.05, 4.69) is 5.32 Å². The molecule has 0 radical (unpaired) electrons. The molecule has 1 N–H and O–H groups in total. The Kier molecular flexibility index (Phi) is 5.60. The van der Waals surface area contributed by atoms with Gasteiger partial charge in [-0.2, -0.15) is 0 Å². The number of piperazine rings is 1. The summed E-state index contributed by atoms with van der Waals surface area (Å²) < 4.78 is 1.55. The summed E-state index contributed by atoms with van der Waals surface area (Å²) in [7, 11) is 1.71. The van der Waals surface area contributed by atoms with Crippen molar-refractivity contribution in [1.29, 1.82) is 0 Å². The summed E-state index contributed by atoms with van der Waals surface area (Å²) in [5, 5.41) is 3.66. The molecule has 7 nitrogen and oxygen atoms in total. The molecule has 1 aliphatic heterocycles. The summed E-state index contributed by atoms with van der Waals surface area (Å²) in [6, 6.07) is 8.99. The Morgan fingerprint density at radius 1 is 1.11 bits per heavy atom. The second-order valence-corrected chi connectivity index (χ2v) is 7.26. The van der Waals surface area contributed by atoms with Crippen molar-refractivity contribution in [2.45, 2.75) is 19.9 Å². The SMILES string of the molecule is CC(C)NC(=O)CN1CCN(C(=O)c2cc(=O)n(C)c3ccccc23)CC1. The lowest BCUT2D eigenvalue weighted by molar-refractivity contribution is -0.123. The lowest BCUT2D eigenvalue weighted by Gasteiger charge is -2.34. The van der Waals surface area contributed by atoms with E-state index >= 15 is 0 Å². The van der Waals surface area contributed by atoms with Gasteiger partial charge in [-0.3, -0.25) is 19.3 Å². The van der Waals surface area contributed by atoms with Crippen LogP contribution in [0.1, 0.15) is 24.2 Å². The van der Waals surface area contributed by atoms with Gasteiger partial charge in [-0.15, -0.1) is 0 Å². The van der Waals surface area contributed by atoms with E-state index in [0.29, 0.717) is 38.3 Å². The molecule has 0 saturated carbocycles. The first-order chi connectivity index (χ1) is 12.9. The van der Waals surface area contributed by atoms with E-state index in [1.807, 2.05) is 43.0 Å². The van der Waals surface area contributed by atoms with Crippen LogP contribution < -0.4 is 10.9 Å². The number of aromatic nitrogens is 1. The highest BCUT2D eigenvalue weighted by atomic mass is 16.2. The van der Waals surface area contributed by atoms with Gasteiger partial charge in [0.25, 0.3) is 11.5 Å². The molecule has 1 aliphatic rings. The van der Waals surface area contributed by atoms with E-state index in [-0.39, 0.29) is 23.4 Å². The highest BCUT2D eigenvalue weighted by molar-refractivity contribution is 6.06. The summed E-state index contributed by atoms with van der Waals surface area (Å²) in [5.41, 5.74) is 0.998. The van der Waals surface area contributed by atoms with Crippen LogP contribution in [0.4, 0.5) is 0 Å². The third-order valence-electron chi connectivity index (χ3n) is 4.86. The molecule has 0 aliphatic carbocycles. The minimum atomic E-state index is -0.193. The summed E-state index contributed by atoms with van der Waals surface area (Å²) in [6.45, 7) is 6.57. The lowest BCUT2D eigenvalue weighted by Crippen LogP contribution is -2.51. The van der Waals surface area contributed by atoms with E-state index in [1.165, 1.54) is 6.07 Å². The van der Waals surface area contributed by atoms with Gasteiger partial charge in [0.2, 0.25) is 5.91 Å². The van der Waals surface area contributed by atoms with Crippen molar-refractivity contribution in [3.05, 3.63) is 46.2 Å². The third-order valence-corrected chi connectivity index (χ3v) is 4.86. The zero-order valence-corrected chi connectivity index (χ0v) is 16.1. The molecule has 0 bridgehead atoms. The van der Waals surface area contributed by atoms with Gasteiger partial charge < -0.3 is 14.8 Å². The van der Waals surface area contributed by atoms with Crippen molar-refractivity contribution in [3.8, 4) is 0 Å². The second kappa shape index (κ2) is 7.92. The third kappa shape index (κ3) is 4.19. The zero-order chi connectivity index (χ0) is 19.6. The number of pyridine rings is 1. The standard InChI is InChI=1S/C20H26N4O3/c1-14(2)21-18(25)13-23-8-10-24(11-9-23)20(27)16-12-19(26)22(3)17-7-5-4-6-15(16)17/h4-7,12,14H,8-11,13H2,1-3H3,(H,21,25). The maximum atomic E-state index is 13.0. The number of carbonyl (C=O) groups excluding carboxylic acids is 2. The molecule has 0 atom stereocenters. The number of amides is 2. The van der Waals surface area contributed by atoms with Crippen molar-refractivity contribution < 1.29 is 9.59 Å². The van der Waals surface area contributed by atoms with Gasteiger partial charge >= 0.3 is 0 Å². The number of nitrogens with one attached hydrogen (secondary N) is 1. The van der Waals surface area contributed by atoms with Crippen LogP contribution in [0.5, 0.6) is 0 Å². The number of rotatable bonds is 4. The fourth-order valence-electron chi connectivity index (χ4n) is 3.44. The van der Waals surface area contributed by atoms with E-state index in [0.717, 1.165) is 10.9 Å². The van der Waals surface area contributed by atoms with Crippen LogP contribution in [0, 0.1) is 0 Å². The molecule has 1 saturated heterocycles. The molecular formula is C20H26N4O3. The van der Waals surface area contributed by atoms with E-state index in [4.69, 9.17) is 0 Å². The Morgan fingerprint density at radius 3 is 2.44 bits per heavy atom. The van der Waals surface area contributed by atoms with Crippen molar-refractivity contribution in [2.24, 2.45) is 7.05 Å². The highest BCUT2D eigenvalue weighted by Gasteiger charge is 2.25. The number of hydrogen-bond acceptors (Lipinski definition) is 4.